The summed E-state index contributed by atoms with van der Waals surface area (Å²) >= 11 is 0. The first kappa shape index (κ1) is 12.4. The van der Waals surface area contributed by atoms with Crippen LogP contribution >= 0.6 is 0 Å². The van der Waals surface area contributed by atoms with E-state index in [-0.39, 0.29) is 0 Å². The van der Waals surface area contributed by atoms with Gasteiger partial charge in [0.1, 0.15) is 0 Å². The molecule has 0 amide bonds. The molecule has 0 fully saturated rings. The molecule has 4 nitrogen and oxygen atoms in total. The highest BCUT2D eigenvalue weighted by atomic mass is 15.3. The van der Waals surface area contributed by atoms with Gasteiger partial charge in [0, 0.05) is 24.0 Å². The van der Waals surface area contributed by atoms with Gasteiger partial charge in [-0.1, -0.05) is 13.8 Å². The number of nitrogens with zero attached hydrogens (tertiary/aromatic N) is 3. The van der Waals surface area contributed by atoms with Gasteiger partial charge in [0.2, 0.25) is 0 Å². The highest BCUT2D eigenvalue weighted by Gasteiger charge is 2.17. The number of hydrogen-bond donors (Lipinski definition) is 1. The Morgan fingerprint density at radius 1 is 1.37 bits per heavy atom. The second-order valence-electron chi connectivity index (χ2n) is 5.47. The summed E-state index contributed by atoms with van der Waals surface area (Å²) in [6.45, 7) is 4.80. The van der Waals surface area contributed by atoms with Gasteiger partial charge in [-0.3, -0.25) is 0 Å². The molecule has 0 spiro atoms. The Morgan fingerprint density at radius 3 is 2.89 bits per heavy atom. The molecular formula is C15H20N4. The Morgan fingerprint density at radius 2 is 2.21 bits per heavy atom. The molecule has 0 radical (unpaired) electrons. The lowest BCUT2D eigenvalue weighted by atomic mass is 10.1. The van der Waals surface area contributed by atoms with Gasteiger partial charge in [0.25, 0.3) is 0 Å². The fraction of sp³-hybridized carbons (Fsp3) is 0.467. The first-order valence-corrected chi connectivity index (χ1v) is 6.96. The van der Waals surface area contributed by atoms with Crippen LogP contribution in [-0.2, 0) is 19.4 Å². The van der Waals surface area contributed by atoms with Crippen molar-refractivity contribution >= 4 is 0 Å². The maximum absolute atomic E-state index is 5.87. The van der Waals surface area contributed by atoms with Gasteiger partial charge in [-0.15, -0.1) is 0 Å². The van der Waals surface area contributed by atoms with Crippen LogP contribution in [0.5, 0.6) is 0 Å². The predicted octanol–water partition coefficient (Wildman–Crippen LogP) is 2.34. The van der Waals surface area contributed by atoms with E-state index in [0.29, 0.717) is 12.5 Å². The van der Waals surface area contributed by atoms with E-state index in [4.69, 9.17) is 10.7 Å². The quantitative estimate of drug-likeness (QED) is 0.917. The topological polar surface area (TPSA) is 56.7 Å². The summed E-state index contributed by atoms with van der Waals surface area (Å²) < 4.78 is 1.87. The average Bonchev–Trinajstić information content (AvgIpc) is 3.05. The minimum Gasteiger partial charge on any atom is -0.326 e. The van der Waals surface area contributed by atoms with Crippen LogP contribution in [0.4, 0.5) is 0 Å². The zero-order valence-electron chi connectivity index (χ0n) is 11.6. The normalized spacial score (nSPS) is 14.1. The summed E-state index contributed by atoms with van der Waals surface area (Å²) in [7, 11) is 0. The van der Waals surface area contributed by atoms with Crippen LogP contribution in [0.1, 0.15) is 48.7 Å². The summed E-state index contributed by atoms with van der Waals surface area (Å²) in [5.41, 5.74) is 10.6. The van der Waals surface area contributed by atoms with Gasteiger partial charge in [0.15, 0.2) is 5.82 Å². The number of pyridine rings is 1. The standard InChI is InChI=1S/C15H20N4/c1-10(2)13-6-7-19(18-13)15-12(9-16)8-11-4-3-5-14(11)17-15/h6-8,10H,3-5,9,16H2,1-2H3. The molecule has 4 heteroatoms. The predicted molar refractivity (Wildman–Crippen MR) is 75.4 cm³/mol. The summed E-state index contributed by atoms with van der Waals surface area (Å²) in [6.07, 6.45) is 5.39. The fourth-order valence-corrected chi connectivity index (χ4v) is 2.62. The van der Waals surface area contributed by atoms with Crippen LogP contribution in [0.15, 0.2) is 18.3 Å². The van der Waals surface area contributed by atoms with Crippen LogP contribution in [-0.4, -0.2) is 14.8 Å². The Labute approximate surface area is 113 Å². The molecule has 0 saturated carbocycles. The van der Waals surface area contributed by atoms with Crippen molar-refractivity contribution < 1.29 is 0 Å². The number of nitrogens with two attached hydrogens (primary N) is 1. The van der Waals surface area contributed by atoms with Crippen molar-refractivity contribution in [2.24, 2.45) is 5.73 Å². The van der Waals surface area contributed by atoms with Crippen LogP contribution in [0.3, 0.4) is 0 Å². The summed E-state index contributed by atoms with van der Waals surface area (Å²) in [5, 5.41) is 4.61. The van der Waals surface area contributed by atoms with E-state index in [1.807, 2.05) is 10.9 Å². The number of aryl methyl sites for hydroxylation is 2. The third-order valence-corrected chi connectivity index (χ3v) is 3.75. The molecule has 0 aliphatic heterocycles. The van der Waals surface area contributed by atoms with Crippen molar-refractivity contribution in [3.63, 3.8) is 0 Å². The number of aromatic nitrogens is 3. The molecule has 1 aliphatic carbocycles. The van der Waals surface area contributed by atoms with Gasteiger partial charge in [-0.2, -0.15) is 5.10 Å². The van der Waals surface area contributed by atoms with E-state index in [2.05, 4.69) is 31.1 Å². The monoisotopic (exact) mass is 256 g/mol. The van der Waals surface area contributed by atoms with E-state index >= 15 is 0 Å². The molecule has 19 heavy (non-hydrogen) atoms. The smallest absolute Gasteiger partial charge is 0.158 e. The van der Waals surface area contributed by atoms with Gasteiger partial charge < -0.3 is 5.73 Å². The first-order chi connectivity index (χ1) is 9.19. The minimum atomic E-state index is 0.428. The van der Waals surface area contributed by atoms with E-state index in [0.717, 1.165) is 29.9 Å². The highest BCUT2D eigenvalue weighted by molar-refractivity contribution is 5.41. The van der Waals surface area contributed by atoms with Crippen molar-refractivity contribution in [2.45, 2.75) is 45.6 Å². The van der Waals surface area contributed by atoms with E-state index < -0.39 is 0 Å². The molecule has 0 atom stereocenters. The van der Waals surface area contributed by atoms with Crippen molar-refractivity contribution in [3.05, 3.63) is 40.8 Å². The maximum Gasteiger partial charge on any atom is 0.158 e. The molecule has 2 aromatic heterocycles. The van der Waals surface area contributed by atoms with E-state index in [9.17, 15) is 0 Å². The molecule has 2 aromatic rings. The number of hydrogen-bond acceptors (Lipinski definition) is 3. The Hall–Kier alpha value is -1.68. The molecule has 3 rings (SSSR count). The summed E-state index contributed by atoms with van der Waals surface area (Å²) in [4.78, 5) is 4.79. The van der Waals surface area contributed by atoms with Crippen LogP contribution < -0.4 is 5.73 Å². The Kier molecular flexibility index (Phi) is 3.11. The molecular weight excluding hydrogens is 236 g/mol. The largest absolute Gasteiger partial charge is 0.326 e. The molecule has 0 aromatic carbocycles. The van der Waals surface area contributed by atoms with Gasteiger partial charge in [-0.05, 0) is 42.9 Å². The Bertz CT molecular complexity index is 598. The second kappa shape index (κ2) is 4.78. The third-order valence-electron chi connectivity index (χ3n) is 3.75. The van der Waals surface area contributed by atoms with Crippen LogP contribution in [0.25, 0.3) is 5.82 Å². The average molecular weight is 256 g/mol. The lowest BCUT2D eigenvalue weighted by Crippen LogP contribution is -2.10. The molecule has 2 N–H and O–H groups in total. The van der Waals surface area contributed by atoms with Crippen molar-refractivity contribution in [1.29, 1.82) is 0 Å². The number of rotatable bonds is 3. The second-order valence-corrected chi connectivity index (χ2v) is 5.47. The van der Waals surface area contributed by atoms with Crippen LogP contribution in [0, 0.1) is 0 Å². The molecule has 0 saturated heterocycles. The molecule has 100 valence electrons. The van der Waals surface area contributed by atoms with Crippen molar-refractivity contribution in [2.75, 3.05) is 0 Å². The number of fused-ring (bicyclic) bond motifs is 1. The minimum absolute atomic E-state index is 0.428. The van der Waals surface area contributed by atoms with Crippen molar-refractivity contribution in [1.82, 2.24) is 14.8 Å². The van der Waals surface area contributed by atoms with Gasteiger partial charge in [0.05, 0.1) is 5.69 Å². The maximum atomic E-state index is 5.87. The van der Waals surface area contributed by atoms with Crippen molar-refractivity contribution in [3.8, 4) is 5.82 Å². The zero-order chi connectivity index (χ0) is 13.4. The van der Waals surface area contributed by atoms with E-state index in [1.54, 1.807) is 0 Å². The fourth-order valence-electron chi connectivity index (χ4n) is 2.62. The summed E-state index contributed by atoms with van der Waals surface area (Å²) in [6, 6.07) is 4.27. The van der Waals surface area contributed by atoms with Gasteiger partial charge in [-0.25, -0.2) is 9.67 Å². The first-order valence-electron chi connectivity index (χ1n) is 6.96. The SMILES string of the molecule is CC(C)c1ccn(-c2nc3c(cc2CN)CCC3)n1. The Balaban J connectivity index is 2.07. The third kappa shape index (κ3) is 2.16. The summed E-state index contributed by atoms with van der Waals surface area (Å²) in [5.74, 6) is 1.33. The zero-order valence-corrected chi connectivity index (χ0v) is 11.6. The molecule has 1 aliphatic rings. The van der Waals surface area contributed by atoms with Crippen LogP contribution in [0.2, 0.25) is 0 Å². The lowest BCUT2D eigenvalue weighted by Gasteiger charge is -2.10. The lowest BCUT2D eigenvalue weighted by molar-refractivity contribution is 0.746. The molecule has 0 bridgehead atoms. The highest BCUT2D eigenvalue weighted by Crippen LogP contribution is 2.24. The molecule has 2 heterocycles. The van der Waals surface area contributed by atoms with E-state index in [1.165, 1.54) is 17.7 Å². The molecule has 0 unspecified atom stereocenters. The van der Waals surface area contributed by atoms with Gasteiger partial charge >= 0.3 is 0 Å².